The van der Waals surface area contributed by atoms with Crippen LogP contribution < -0.4 is 0 Å². The van der Waals surface area contributed by atoms with Crippen molar-refractivity contribution in [2.75, 3.05) is 0 Å². The minimum Gasteiger partial charge on any atom is -0.0617 e. The standard InChI is InChI=1S/C28H49O6.Rb/c1-11-22-17(6)16(5)19(8)27(31-22)33-25-18(7)20(9)28(34-26(25)21(10)29)32-24-14(3)13-15(4)30-23(24)12-2;/h13-20,22-28H,11-12H2,1-10H3;/t14-,15-,16+,17+,18-,19?,20?,22?,23?,24+,25+,26?,27+,28-;/m1./s1. The van der Waals surface area contributed by atoms with Gasteiger partial charge in [-0.25, -0.2) is 0 Å². The Kier molecular flexibility index (Phi) is 11.5. The van der Waals surface area contributed by atoms with Crippen LogP contribution in [0.4, 0.5) is 0 Å². The molecule has 0 aliphatic carbocycles. The fraction of sp³-hybridized carbons (Fsp3) is 0.964. The molecule has 198 valence electrons. The molecule has 6 unspecified atom stereocenters. The van der Waals surface area contributed by atoms with Gasteiger partial charge >= 0.3 is 222 Å². The van der Waals surface area contributed by atoms with E-state index in [0.717, 1.165) is 12.8 Å². The maximum absolute atomic E-state index is 12.8. The van der Waals surface area contributed by atoms with Crippen LogP contribution in [-0.2, 0) is 28.5 Å². The summed E-state index contributed by atoms with van der Waals surface area (Å²) in [6.45, 7) is 21.5. The first-order valence-corrected chi connectivity index (χ1v) is 17.0. The van der Waals surface area contributed by atoms with Gasteiger partial charge in [0.25, 0.3) is 0 Å². The monoisotopic (exact) mass is 566 g/mol. The normalized spacial score (nSPS) is 51.3. The molecule has 0 N–H and O–H groups in total. The molecular formula is C28H49O6Rb. The molecule has 0 radical (unpaired) electrons. The Morgan fingerprint density at radius 1 is 0.686 bits per heavy atom. The Hall–Kier alpha value is 1.28. The summed E-state index contributed by atoms with van der Waals surface area (Å²) in [7, 11) is 0. The van der Waals surface area contributed by atoms with Gasteiger partial charge in [-0.15, -0.1) is 0 Å². The summed E-state index contributed by atoms with van der Waals surface area (Å²) < 4.78 is 33.2. The van der Waals surface area contributed by atoms with Crippen LogP contribution in [0.2, 0.25) is -1.01 Å². The first-order chi connectivity index (χ1) is 16.4. The molecular weight excluding hydrogens is 518 g/mol. The predicted molar refractivity (Wildman–Crippen MR) is 137 cm³/mol. The van der Waals surface area contributed by atoms with Crippen molar-refractivity contribution in [3.05, 3.63) is 0 Å². The molecule has 3 heterocycles. The zero-order valence-electron chi connectivity index (χ0n) is 24.0. The Morgan fingerprint density at radius 3 is 1.80 bits per heavy atom. The molecule has 0 saturated carbocycles. The van der Waals surface area contributed by atoms with Crippen LogP contribution in [0.5, 0.6) is 0 Å². The number of ketones is 1. The van der Waals surface area contributed by atoms with Crippen LogP contribution in [0.3, 0.4) is 0 Å². The molecule has 0 amide bonds. The zero-order chi connectivity index (χ0) is 26.2. The van der Waals surface area contributed by atoms with E-state index in [2.05, 4.69) is 62.3 Å². The number of ether oxygens (including phenoxy) is 5. The first kappa shape index (κ1) is 30.8. The van der Waals surface area contributed by atoms with Gasteiger partial charge in [0.1, 0.15) is 0 Å². The zero-order valence-corrected chi connectivity index (χ0v) is 28.9. The Morgan fingerprint density at radius 2 is 1.23 bits per heavy atom. The van der Waals surface area contributed by atoms with Crippen molar-refractivity contribution in [2.24, 2.45) is 35.5 Å². The fourth-order valence-electron chi connectivity index (χ4n) is 6.35. The Bertz CT molecular complexity index is 701. The average molecular weight is 567 g/mol. The van der Waals surface area contributed by atoms with Crippen LogP contribution in [-0.4, -0.2) is 111 Å². The molecule has 3 fully saturated rings. The molecule has 3 saturated heterocycles. The van der Waals surface area contributed by atoms with Gasteiger partial charge in [-0.2, -0.15) is 0 Å². The SMILES string of the molecule is CCC1O[C@@H](O[C@@H]2C(C(C)=O)O[C@@H](O[C@@H]3C(CC)O[C@H](C)[CH]([Rb])[C@H]3C)C(C)[C@H]2C)C(C)[C@@H](C)[C@@H]1C. The summed E-state index contributed by atoms with van der Waals surface area (Å²) in [5, 5.41) is 0. The number of hydrogen-bond donors (Lipinski definition) is 0. The smallest absolute Gasteiger partial charge is 0.0617 e. The number of hydrogen-bond acceptors (Lipinski definition) is 6. The number of rotatable bonds is 7. The van der Waals surface area contributed by atoms with Crippen molar-refractivity contribution in [3.63, 3.8) is 0 Å². The van der Waals surface area contributed by atoms with Crippen molar-refractivity contribution in [1.82, 2.24) is 0 Å². The van der Waals surface area contributed by atoms with Crippen LogP contribution in [0.1, 0.15) is 82.1 Å². The molecule has 3 rings (SSSR count). The summed E-state index contributed by atoms with van der Waals surface area (Å²) in [4.78, 5) is 12.8. The minimum absolute atomic E-state index is 0.0121. The second kappa shape index (κ2) is 13.1. The third kappa shape index (κ3) is 6.54. The molecule has 3 aliphatic heterocycles. The van der Waals surface area contributed by atoms with Crippen molar-refractivity contribution < 1.29 is 28.5 Å². The number of carbonyl (C=O) groups excluding carboxylic acids is 1. The van der Waals surface area contributed by atoms with E-state index in [9.17, 15) is 4.79 Å². The summed E-state index contributed by atoms with van der Waals surface area (Å²) in [5.74, 6) is 1.79. The van der Waals surface area contributed by atoms with E-state index >= 15 is 0 Å². The van der Waals surface area contributed by atoms with Crippen molar-refractivity contribution in [1.29, 1.82) is 0 Å². The van der Waals surface area contributed by atoms with E-state index in [-0.39, 0.29) is 54.2 Å². The van der Waals surface area contributed by atoms with Gasteiger partial charge in [-0.05, 0) is 12.3 Å². The predicted octanol–water partition coefficient (Wildman–Crippen LogP) is 5.18. The molecule has 6 nitrogen and oxygen atoms in total. The maximum atomic E-state index is 12.8. The van der Waals surface area contributed by atoms with Gasteiger partial charge in [0, 0.05) is 0 Å². The topological polar surface area (TPSA) is 63.2 Å². The van der Waals surface area contributed by atoms with Crippen molar-refractivity contribution in [3.8, 4) is 0 Å². The summed E-state index contributed by atoms with van der Waals surface area (Å²) >= 11 is 0.465. The van der Waals surface area contributed by atoms with Crippen LogP contribution in [0.15, 0.2) is 0 Å². The van der Waals surface area contributed by atoms with E-state index in [1.165, 1.54) is 0 Å². The molecule has 0 aromatic heterocycles. The van der Waals surface area contributed by atoms with Crippen molar-refractivity contribution in [2.45, 2.75) is 130 Å². The van der Waals surface area contributed by atoms with Gasteiger partial charge < -0.3 is 0 Å². The van der Waals surface area contributed by atoms with Crippen LogP contribution in [0.25, 0.3) is 0 Å². The average Bonchev–Trinajstić information content (AvgIpc) is 2.83. The Labute approximate surface area is 253 Å². The van der Waals surface area contributed by atoms with E-state index in [4.69, 9.17) is 23.7 Å². The third-order valence-electron chi connectivity index (χ3n) is 9.97. The molecule has 7 heteroatoms. The summed E-state index contributed by atoms with van der Waals surface area (Å²) in [6.07, 6.45) is 0.579. The first-order valence-electron chi connectivity index (χ1n) is 14.2. The Balaban J connectivity index is 1.77. The second-order valence-corrected chi connectivity index (χ2v) is 15.3. The quantitative estimate of drug-likeness (QED) is 0.423. The molecule has 15 atom stereocenters. The fourth-order valence-corrected chi connectivity index (χ4v) is 7.67. The van der Waals surface area contributed by atoms with Gasteiger partial charge in [0.15, 0.2) is 0 Å². The molecule has 3 aliphatic rings. The van der Waals surface area contributed by atoms with Crippen LogP contribution in [0, 0.1) is 35.5 Å². The minimum atomic E-state index is -0.660. The molecule has 0 spiro atoms. The van der Waals surface area contributed by atoms with Gasteiger partial charge in [-0.1, -0.05) is 20.8 Å². The second-order valence-electron chi connectivity index (χ2n) is 12.0. The molecule has 0 bridgehead atoms. The third-order valence-corrected chi connectivity index (χ3v) is 14.9. The number of Topliss-reactive ketones (excluding diaryl/α,β-unsaturated/α-hetero) is 1. The van der Waals surface area contributed by atoms with E-state index < -0.39 is 12.4 Å². The molecule has 0 aromatic carbocycles. The van der Waals surface area contributed by atoms with Gasteiger partial charge in [-0.3, -0.25) is 0 Å². The summed E-state index contributed by atoms with van der Waals surface area (Å²) in [5.41, 5.74) is 0. The molecule has 0 aromatic rings. The van der Waals surface area contributed by atoms with Crippen LogP contribution >= 0.6 is 0 Å². The van der Waals surface area contributed by atoms with Gasteiger partial charge in [0.2, 0.25) is 0 Å². The van der Waals surface area contributed by atoms with E-state index in [1.807, 2.05) is 0 Å². The number of carbonyl (C=O) groups is 1. The molecule has 35 heavy (non-hydrogen) atoms. The summed E-state index contributed by atoms with van der Waals surface area (Å²) in [6, 6.07) is 0. The van der Waals surface area contributed by atoms with Crippen molar-refractivity contribution >= 4 is 61.3 Å². The van der Waals surface area contributed by atoms with E-state index in [1.54, 1.807) is 6.92 Å². The van der Waals surface area contributed by atoms with Gasteiger partial charge in [0.05, 0.1) is 0 Å². The van der Waals surface area contributed by atoms with E-state index in [0.29, 0.717) is 78.4 Å².